The number of esters is 2. The van der Waals surface area contributed by atoms with Crippen molar-refractivity contribution in [3.05, 3.63) is 0 Å². The molecular formula is C12H19AlO6. The minimum Gasteiger partial charge on any atom is -0.392 e. The SMILES string of the molecule is CCC(C(C)=O)C(=O)OC(=O)C(C(C)=O)C(C)=O.[AlH3]. The smallest absolute Gasteiger partial charge is 0.331 e. The summed E-state index contributed by atoms with van der Waals surface area (Å²) in [6.45, 7) is 4.90. The van der Waals surface area contributed by atoms with Crippen molar-refractivity contribution in [1.82, 2.24) is 0 Å². The van der Waals surface area contributed by atoms with Gasteiger partial charge in [-0.05, 0) is 27.2 Å². The number of rotatable bonds is 6. The van der Waals surface area contributed by atoms with Gasteiger partial charge in [0, 0.05) is 0 Å². The molecule has 0 spiro atoms. The maximum absolute atomic E-state index is 11.5. The zero-order valence-electron chi connectivity index (χ0n) is 10.8. The highest BCUT2D eigenvalue weighted by Crippen LogP contribution is 2.10. The lowest BCUT2D eigenvalue weighted by Crippen LogP contribution is -2.34. The van der Waals surface area contributed by atoms with Crippen molar-refractivity contribution in [3.63, 3.8) is 0 Å². The molecule has 1 unspecified atom stereocenters. The van der Waals surface area contributed by atoms with E-state index in [0.717, 1.165) is 13.8 Å². The van der Waals surface area contributed by atoms with E-state index >= 15 is 0 Å². The van der Waals surface area contributed by atoms with Gasteiger partial charge in [-0.1, -0.05) is 6.92 Å². The Morgan fingerprint density at radius 1 is 0.842 bits per heavy atom. The van der Waals surface area contributed by atoms with Crippen LogP contribution in [0.5, 0.6) is 0 Å². The van der Waals surface area contributed by atoms with Gasteiger partial charge in [-0.25, -0.2) is 0 Å². The molecule has 19 heavy (non-hydrogen) atoms. The van der Waals surface area contributed by atoms with Gasteiger partial charge in [-0.3, -0.25) is 24.0 Å². The van der Waals surface area contributed by atoms with E-state index in [1.54, 1.807) is 6.92 Å². The molecule has 0 amide bonds. The first-order chi connectivity index (χ1) is 8.22. The van der Waals surface area contributed by atoms with Crippen molar-refractivity contribution in [2.45, 2.75) is 34.1 Å². The van der Waals surface area contributed by atoms with E-state index in [1.807, 2.05) is 0 Å². The van der Waals surface area contributed by atoms with Crippen molar-refractivity contribution in [3.8, 4) is 0 Å². The number of carbonyl (C=O) groups is 5. The van der Waals surface area contributed by atoms with Gasteiger partial charge in [-0.15, -0.1) is 0 Å². The quantitative estimate of drug-likeness (QED) is 0.363. The molecule has 0 bridgehead atoms. The second-order valence-corrected chi connectivity index (χ2v) is 3.97. The first-order valence-corrected chi connectivity index (χ1v) is 5.49. The molecule has 0 fully saturated rings. The van der Waals surface area contributed by atoms with Crippen LogP contribution >= 0.6 is 0 Å². The minimum atomic E-state index is -1.60. The second-order valence-electron chi connectivity index (χ2n) is 3.97. The van der Waals surface area contributed by atoms with Crippen molar-refractivity contribution in [1.29, 1.82) is 0 Å². The molecule has 0 aliphatic heterocycles. The Hall–Kier alpha value is -1.32. The Kier molecular flexibility index (Phi) is 9.19. The minimum absolute atomic E-state index is 0. The van der Waals surface area contributed by atoms with E-state index in [9.17, 15) is 24.0 Å². The van der Waals surface area contributed by atoms with Gasteiger partial charge in [0.15, 0.2) is 34.8 Å². The van der Waals surface area contributed by atoms with Gasteiger partial charge in [0.1, 0.15) is 11.7 Å². The number of ketones is 3. The molecular weight excluding hydrogens is 267 g/mol. The lowest BCUT2D eigenvalue weighted by atomic mass is 10.0. The van der Waals surface area contributed by atoms with Gasteiger partial charge >= 0.3 is 11.9 Å². The largest absolute Gasteiger partial charge is 0.392 e. The Labute approximate surface area is 122 Å². The average Bonchev–Trinajstić information content (AvgIpc) is 2.15. The van der Waals surface area contributed by atoms with Crippen molar-refractivity contribution in [2.75, 3.05) is 0 Å². The summed E-state index contributed by atoms with van der Waals surface area (Å²) >= 11 is 0. The molecule has 6 nitrogen and oxygen atoms in total. The fourth-order valence-corrected chi connectivity index (χ4v) is 1.47. The molecule has 0 saturated heterocycles. The molecule has 0 saturated carbocycles. The Morgan fingerprint density at radius 2 is 1.26 bits per heavy atom. The zero-order valence-corrected chi connectivity index (χ0v) is 10.8. The highest BCUT2D eigenvalue weighted by atomic mass is 27.0. The number of hydrogen-bond donors (Lipinski definition) is 0. The molecule has 1 atom stereocenters. The first kappa shape index (κ1) is 20.0. The standard InChI is InChI=1S/C12H16O6.Al.3H/c1-5-9(6(2)13)11(16)18-12(17)10(7(3)14)8(4)15;;;;/h9-10H,5H2,1-4H3;;;;. The lowest BCUT2D eigenvalue weighted by molar-refractivity contribution is -0.167. The highest BCUT2D eigenvalue weighted by molar-refractivity contribution is 6.17. The molecule has 7 heteroatoms. The molecule has 0 aliphatic rings. The molecule has 0 N–H and O–H groups in total. The van der Waals surface area contributed by atoms with Crippen LogP contribution in [0.1, 0.15) is 34.1 Å². The summed E-state index contributed by atoms with van der Waals surface area (Å²) in [4.78, 5) is 56.2. The third-order valence-electron chi connectivity index (χ3n) is 2.43. The van der Waals surface area contributed by atoms with Crippen LogP contribution in [0.15, 0.2) is 0 Å². The van der Waals surface area contributed by atoms with Crippen LogP contribution in [-0.4, -0.2) is 46.6 Å². The van der Waals surface area contributed by atoms with Crippen LogP contribution in [0.2, 0.25) is 0 Å². The summed E-state index contributed by atoms with van der Waals surface area (Å²) in [6.07, 6.45) is 0.187. The van der Waals surface area contributed by atoms with Gasteiger partial charge in [0.05, 0.1) is 0 Å². The summed E-state index contributed by atoms with van der Waals surface area (Å²) in [5.41, 5.74) is 0. The van der Waals surface area contributed by atoms with Crippen LogP contribution in [0.25, 0.3) is 0 Å². The van der Waals surface area contributed by atoms with Crippen LogP contribution in [0.4, 0.5) is 0 Å². The predicted octanol–water partition coefficient (Wildman–Crippen LogP) is -0.718. The van der Waals surface area contributed by atoms with Crippen LogP contribution in [0, 0.1) is 11.8 Å². The lowest BCUT2D eigenvalue weighted by Gasteiger charge is -2.12. The Bertz CT molecular complexity index is 387. The maximum Gasteiger partial charge on any atom is 0.331 e. The summed E-state index contributed by atoms with van der Waals surface area (Å²) in [7, 11) is 0. The molecule has 106 valence electrons. The van der Waals surface area contributed by atoms with E-state index in [4.69, 9.17) is 0 Å². The summed E-state index contributed by atoms with van der Waals surface area (Å²) < 4.78 is 4.41. The normalized spacial score (nSPS) is 11.2. The van der Waals surface area contributed by atoms with Gasteiger partial charge in [0.2, 0.25) is 0 Å². The van der Waals surface area contributed by atoms with E-state index in [1.165, 1.54) is 6.92 Å². The average molecular weight is 286 g/mol. The highest BCUT2D eigenvalue weighted by Gasteiger charge is 2.33. The fraction of sp³-hybridized carbons (Fsp3) is 0.583. The van der Waals surface area contributed by atoms with Crippen LogP contribution < -0.4 is 0 Å². The van der Waals surface area contributed by atoms with Gasteiger partial charge < -0.3 is 4.74 Å². The number of carbonyl (C=O) groups excluding carboxylic acids is 5. The van der Waals surface area contributed by atoms with Gasteiger partial charge in [-0.2, -0.15) is 0 Å². The van der Waals surface area contributed by atoms with Crippen molar-refractivity contribution in [2.24, 2.45) is 11.8 Å². The van der Waals surface area contributed by atoms with Crippen molar-refractivity contribution < 1.29 is 28.7 Å². The first-order valence-electron chi connectivity index (χ1n) is 5.49. The molecule has 0 rings (SSSR count). The summed E-state index contributed by atoms with van der Waals surface area (Å²) in [5, 5.41) is 0. The third-order valence-corrected chi connectivity index (χ3v) is 2.43. The third kappa shape index (κ3) is 5.90. The molecule has 0 aliphatic carbocycles. The zero-order chi connectivity index (χ0) is 14.5. The molecule has 0 aromatic heterocycles. The van der Waals surface area contributed by atoms with E-state index in [-0.39, 0.29) is 23.8 Å². The molecule has 0 radical (unpaired) electrons. The van der Waals surface area contributed by atoms with Gasteiger partial charge in [0.25, 0.3) is 0 Å². The molecule has 0 aromatic rings. The van der Waals surface area contributed by atoms with Crippen molar-refractivity contribution >= 4 is 46.6 Å². The number of hydrogen-bond acceptors (Lipinski definition) is 6. The monoisotopic (exact) mass is 286 g/mol. The maximum atomic E-state index is 11.5. The van der Waals surface area contributed by atoms with E-state index in [0.29, 0.717) is 0 Å². The second kappa shape index (κ2) is 8.73. The molecule has 0 heterocycles. The van der Waals surface area contributed by atoms with E-state index < -0.39 is 41.1 Å². The number of ether oxygens (including phenoxy) is 1. The fourth-order valence-electron chi connectivity index (χ4n) is 1.47. The number of Topliss-reactive ketones (excluding diaryl/α,β-unsaturated/α-hetero) is 3. The molecule has 0 aromatic carbocycles. The summed E-state index contributed by atoms with van der Waals surface area (Å²) in [6, 6.07) is 0. The predicted molar refractivity (Wildman–Crippen MR) is 70.4 cm³/mol. The van der Waals surface area contributed by atoms with E-state index in [2.05, 4.69) is 4.74 Å². The topological polar surface area (TPSA) is 94.6 Å². The summed E-state index contributed by atoms with van der Waals surface area (Å²) in [5.74, 6) is -6.72. The van der Waals surface area contributed by atoms with Crippen LogP contribution in [0.3, 0.4) is 0 Å². The Balaban J connectivity index is 0. The Morgan fingerprint density at radius 3 is 1.53 bits per heavy atom. The van der Waals surface area contributed by atoms with Crippen LogP contribution in [-0.2, 0) is 28.7 Å².